The molecule has 3 heterocycles. The Labute approximate surface area is 157 Å². The molecular formula is C20H34N4O2. The highest BCUT2D eigenvalue weighted by Crippen LogP contribution is 2.33. The average Bonchev–Trinajstić information content (AvgIpc) is 3.33. The van der Waals surface area contributed by atoms with E-state index in [0.717, 1.165) is 43.7 Å². The lowest BCUT2D eigenvalue weighted by Gasteiger charge is -2.36. The van der Waals surface area contributed by atoms with Crippen molar-refractivity contribution in [2.24, 2.45) is 11.8 Å². The second-order valence-corrected chi connectivity index (χ2v) is 8.76. The lowest BCUT2D eigenvalue weighted by atomic mass is 9.90. The maximum atomic E-state index is 5.69. The minimum atomic E-state index is 0.166. The molecule has 1 N–H and O–H groups in total. The number of aromatic nitrogens is 2. The summed E-state index contributed by atoms with van der Waals surface area (Å²) in [7, 11) is 0. The van der Waals surface area contributed by atoms with Gasteiger partial charge in [0, 0.05) is 31.7 Å². The van der Waals surface area contributed by atoms with Gasteiger partial charge in [-0.3, -0.25) is 0 Å². The summed E-state index contributed by atoms with van der Waals surface area (Å²) in [6, 6.07) is 0.714. The van der Waals surface area contributed by atoms with Crippen LogP contribution < -0.4 is 5.32 Å². The Morgan fingerprint density at radius 1 is 1.08 bits per heavy atom. The molecule has 6 nitrogen and oxygen atoms in total. The van der Waals surface area contributed by atoms with Crippen LogP contribution >= 0.6 is 0 Å². The van der Waals surface area contributed by atoms with E-state index in [1.807, 2.05) is 0 Å². The largest absolute Gasteiger partial charge is 0.381 e. The standard InChI is InChI=1S/C20H34N4O2/c1-14(2)19-22-20(26-23-19)18(16-7-11-25-12-8-16)21-17-5-9-24(10-6-17)13-15-3-4-15/h14-18,21H,3-13H2,1-2H3/t18-/m1/s1. The first-order valence-electron chi connectivity index (χ1n) is 10.6. The van der Waals surface area contributed by atoms with Crippen molar-refractivity contribution in [2.75, 3.05) is 32.8 Å². The molecule has 0 spiro atoms. The van der Waals surface area contributed by atoms with E-state index in [1.165, 1.54) is 45.3 Å². The van der Waals surface area contributed by atoms with E-state index in [4.69, 9.17) is 14.2 Å². The molecule has 26 heavy (non-hydrogen) atoms. The Hall–Kier alpha value is -0.980. The minimum absolute atomic E-state index is 0.166. The number of nitrogens with zero attached hydrogens (tertiary/aromatic N) is 3. The van der Waals surface area contributed by atoms with E-state index in [0.29, 0.717) is 17.9 Å². The van der Waals surface area contributed by atoms with Gasteiger partial charge in [0.1, 0.15) is 0 Å². The molecule has 0 bridgehead atoms. The quantitative estimate of drug-likeness (QED) is 0.804. The highest BCUT2D eigenvalue weighted by molar-refractivity contribution is 5.00. The van der Waals surface area contributed by atoms with Crippen LogP contribution in [0, 0.1) is 11.8 Å². The lowest BCUT2D eigenvalue weighted by Crippen LogP contribution is -2.46. The highest BCUT2D eigenvalue weighted by atomic mass is 16.5. The molecule has 6 heteroatoms. The van der Waals surface area contributed by atoms with Gasteiger partial charge >= 0.3 is 0 Å². The third kappa shape index (κ3) is 4.65. The predicted octanol–water partition coefficient (Wildman–Crippen LogP) is 3.12. The van der Waals surface area contributed by atoms with Crippen molar-refractivity contribution in [3.63, 3.8) is 0 Å². The number of piperidine rings is 1. The normalized spacial score (nSPS) is 25.0. The monoisotopic (exact) mass is 362 g/mol. The smallest absolute Gasteiger partial charge is 0.244 e. The fraction of sp³-hybridized carbons (Fsp3) is 0.900. The van der Waals surface area contributed by atoms with Crippen molar-refractivity contribution >= 4 is 0 Å². The first kappa shape index (κ1) is 18.4. The summed E-state index contributed by atoms with van der Waals surface area (Å²) in [5, 5.41) is 8.12. The molecule has 1 aliphatic carbocycles. The summed E-state index contributed by atoms with van der Waals surface area (Å²) in [5.74, 6) is 3.41. The fourth-order valence-electron chi connectivity index (χ4n) is 4.27. The van der Waals surface area contributed by atoms with Crippen molar-refractivity contribution in [1.82, 2.24) is 20.4 Å². The van der Waals surface area contributed by atoms with Crippen LogP contribution in [-0.4, -0.2) is 53.9 Å². The Kier molecular flexibility index (Phi) is 5.91. The van der Waals surface area contributed by atoms with Crippen LogP contribution in [0.4, 0.5) is 0 Å². The second kappa shape index (κ2) is 8.36. The molecule has 1 saturated carbocycles. The number of hydrogen-bond donors (Lipinski definition) is 1. The summed E-state index contributed by atoms with van der Waals surface area (Å²) in [6.45, 7) is 9.66. The first-order valence-corrected chi connectivity index (χ1v) is 10.6. The van der Waals surface area contributed by atoms with Crippen molar-refractivity contribution in [2.45, 2.75) is 70.4 Å². The van der Waals surface area contributed by atoms with Crippen LogP contribution in [0.25, 0.3) is 0 Å². The molecule has 4 rings (SSSR count). The van der Waals surface area contributed by atoms with Gasteiger partial charge in [-0.05, 0) is 63.5 Å². The Morgan fingerprint density at radius 3 is 2.42 bits per heavy atom. The van der Waals surface area contributed by atoms with Crippen LogP contribution in [0.15, 0.2) is 4.52 Å². The van der Waals surface area contributed by atoms with Crippen LogP contribution in [0.3, 0.4) is 0 Å². The van der Waals surface area contributed by atoms with Gasteiger partial charge in [0.05, 0.1) is 6.04 Å². The zero-order valence-electron chi connectivity index (χ0n) is 16.3. The lowest BCUT2D eigenvalue weighted by molar-refractivity contribution is 0.0443. The van der Waals surface area contributed by atoms with Gasteiger partial charge in [-0.15, -0.1) is 0 Å². The molecule has 1 aromatic heterocycles. The van der Waals surface area contributed by atoms with Gasteiger partial charge in [-0.1, -0.05) is 19.0 Å². The minimum Gasteiger partial charge on any atom is -0.381 e. The van der Waals surface area contributed by atoms with E-state index in [2.05, 4.69) is 29.2 Å². The summed E-state index contributed by atoms with van der Waals surface area (Å²) in [5.41, 5.74) is 0. The zero-order chi connectivity index (χ0) is 17.9. The maximum absolute atomic E-state index is 5.69. The molecule has 0 unspecified atom stereocenters. The van der Waals surface area contributed by atoms with Crippen LogP contribution in [0.1, 0.15) is 76.0 Å². The summed E-state index contributed by atoms with van der Waals surface area (Å²) >= 11 is 0. The van der Waals surface area contributed by atoms with E-state index >= 15 is 0 Å². The molecule has 1 atom stereocenters. The van der Waals surface area contributed by atoms with Gasteiger partial charge < -0.3 is 19.5 Å². The van der Waals surface area contributed by atoms with E-state index in [-0.39, 0.29) is 6.04 Å². The average molecular weight is 363 g/mol. The Morgan fingerprint density at radius 2 is 1.81 bits per heavy atom. The van der Waals surface area contributed by atoms with Gasteiger partial charge in [-0.25, -0.2) is 0 Å². The van der Waals surface area contributed by atoms with Crippen molar-refractivity contribution < 1.29 is 9.26 Å². The van der Waals surface area contributed by atoms with Crippen molar-refractivity contribution in [3.05, 3.63) is 11.7 Å². The summed E-state index contributed by atoms with van der Waals surface area (Å²) in [6.07, 6.45) is 7.46. The molecule has 3 fully saturated rings. The fourth-order valence-corrected chi connectivity index (χ4v) is 4.27. The number of likely N-dealkylation sites (tertiary alicyclic amines) is 1. The number of ether oxygens (including phenoxy) is 1. The van der Waals surface area contributed by atoms with Gasteiger partial charge in [0.2, 0.25) is 5.89 Å². The van der Waals surface area contributed by atoms with Crippen LogP contribution in [-0.2, 0) is 4.74 Å². The molecule has 0 radical (unpaired) electrons. The Bertz CT molecular complexity index is 558. The van der Waals surface area contributed by atoms with E-state index < -0.39 is 0 Å². The third-order valence-electron chi connectivity index (χ3n) is 6.19. The van der Waals surface area contributed by atoms with E-state index in [9.17, 15) is 0 Å². The molecule has 2 saturated heterocycles. The Balaban J connectivity index is 1.39. The molecule has 146 valence electrons. The molecular weight excluding hydrogens is 328 g/mol. The zero-order valence-corrected chi connectivity index (χ0v) is 16.3. The first-order chi connectivity index (χ1) is 12.7. The SMILES string of the molecule is CC(C)c1noc([C@H](NC2CCN(CC3CC3)CC2)C2CCOCC2)n1. The molecule has 2 aliphatic heterocycles. The molecule has 1 aromatic rings. The van der Waals surface area contributed by atoms with Gasteiger partial charge in [-0.2, -0.15) is 4.98 Å². The second-order valence-electron chi connectivity index (χ2n) is 8.76. The van der Waals surface area contributed by atoms with E-state index in [1.54, 1.807) is 0 Å². The van der Waals surface area contributed by atoms with Crippen molar-refractivity contribution in [1.29, 1.82) is 0 Å². The maximum Gasteiger partial charge on any atom is 0.244 e. The predicted molar refractivity (Wildman–Crippen MR) is 100.0 cm³/mol. The van der Waals surface area contributed by atoms with Gasteiger partial charge in [0.15, 0.2) is 5.82 Å². The summed E-state index contributed by atoms with van der Waals surface area (Å²) < 4.78 is 11.3. The number of hydrogen-bond acceptors (Lipinski definition) is 6. The topological polar surface area (TPSA) is 63.4 Å². The van der Waals surface area contributed by atoms with Gasteiger partial charge in [0.25, 0.3) is 0 Å². The number of nitrogens with one attached hydrogen (secondary N) is 1. The third-order valence-corrected chi connectivity index (χ3v) is 6.19. The summed E-state index contributed by atoms with van der Waals surface area (Å²) in [4.78, 5) is 7.38. The van der Waals surface area contributed by atoms with Crippen LogP contribution in [0.2, 0.25) is 0 Å². The molecule has 0 amide bonds. The molecule has 0 aromatic carbocycles. The number of rotatable bonds is 7. The van der Waals surface area contributed by atoms with Crippen LogP contribution in [0.5, 0.6) is 0 Å². The van der Waals surface area contributed by atoms with Crippen molar-refractivity contribution in [3.8, 4) is 0 Å². The molecule has 3 aliphatic rings. The highest BCUT2D eigenvalue weighted by Gasteiger charge is 2.33.